The molecule has 1 aliphatic heterocycles. The second-order valence-electron chi connectivity index (χ2n) is 4.77. The summed E-state index contributed by atoms with van der Waals surface area (Å²) in [7, 11) is 0. The van der Waals surface area contributed by atoms with E-state index in [1.807, 2.05) is 0 Å². The maximum absolute atomic E-state index is 9.47. The topological polar surface area (TPSA) is 23.5 Å². The third-order valence-electron chi connectivity index (χ3n) is 4.03. The molecule has 0 spiro atoms. The molecule has 2 rings (SSSR count). The summed E-state index contributed by atoms with van der Waals surface area (Å²) in [5.74, 6) is 0.907. The molecule has 0 radical (unpaired) electrons. The minimum absolute atomic E-state index is 0.200. The Hall–Kier alpha value is -0.0800. The van der Waals surface area contributed by atoms with E-state index in [0.29, 0.717) is 6.61 Å². The first-order valence-electron chi connectivity index (χ1n) is 5.66. The molecule has 1 heterocycles. The van der Waals surface area contributed by atoms with Gasteiger partial charge in [0, 0.05) is 18.6 Å². The van der Waals surface area contributed by atoms with Gasteiger partial charge >= 0.3 is 0 Å². The lowest BCUT2D eigenvalue weighted by molar-refractivity contribution is -0.0441. The van der Waals surface area contributed by atoms with E-state index in [1.54, 1.807) is 0 Å². The molecule has 2 nitrogen and oxygen atoms in total. The number of nitrogens with zero attached hydrogens (tertiary/aromatic N) is 1. The molecule has 0 atom stereocenters. The maximum Gasteiger partial charge on any atom is 0.0615 e. The van der Waals surface area contributed by atoms with Crippen molar-refractivity contribution in [3.63, 3.8) is 0 Å². The van der Waals surface area contributed by atoms with Crippen LogP contribution in [0.4, 0.5) is 0 Å². The Morgan fingerprint density at radius 1 is 1.31 bits per heavy atom. The fraction of sp³-hybridized carbons (Fsp3) is 1.00. The van der Waals surface area contributed by atoms with Gasteiger partial charge < -0.3 is 5.11 Å². The zero-order chi connectivity index (χ0) is 9.31. The van der Waals surface area contributed by atoms with Gasteiger partial charge in [0.25, 0.3) is 0 Å². The van der Waals surface area contributed by atoms with Crippen molar-refractivity contribution < 1.29 is 5.11 Å². The number of aliphatic hydroxyl groups excluding tert-OH is 1. The summed E-state index contributed by atoms with van der Waals surface area (Å²) >= 11 is 0. The Morgan fingerprint density at radius 2 is 1.92 bits per heavy atom. The van der Waals surface area contributed by atoms with Gasteiger partial charge in [-0.15, -0.1) is 0 Å². The smallest absolute Gasteiger partial charge is 0.0615 e. The number of rotatable bonds is 3. The Morgan fingerprint density at radius 3 is 2.38 bits per heavy atom. The Kier molecular flexibility index (Phi) is 2.61. The van der Waals surface area contributed by atoms with Gasteiger partial charge in [0.15, 0.2) is 0 Å². The lowest BCUT2D eigenvalue weighted by atomic mass is 9.86. The van der Waals surface area contributed by atoms with Crippen LogP contribution in [0, 0.1) is 5.92 Å². The van der Waals surface area contributed by atoms with Crippen LogP contribution < -0.4 is 0 Å². The predicted octanol–water partition coefficient (Wildman–Crippen LogP) is 1.63. The molecule has 13 heavy (non-hydrogen) atoms. The van der Waals surface area contributed by atoms with Crippen molar-refractivity contribution in [1.82, 2.24) is 4.90 Å². The fourth-order valence-electron chi connectivity index (χ4n) is 2.82. The van der Waals surface area contributed by atoms with Crippen molar-refractivity contribution >= 4 is 0 Å². The monoisotopic (exact) mass is 183 g/mol. The van der Waals surface area contributed by atoms with E-state index in [2.05, 4.69) is 11.8 Å². The molecule has 2 heteroatoms. The third-order valence-corrected chi connectivity index (χ3v) is 4.03. The van der Waals surface area contributed by atoms with E-state index in [4.69, 9.17) is 0 Å². The minimum atomic E-state index is 0.200. The summed E-state index contributed by atoms with van der Waals surface area (Å²) in [6.45, 7) is 5.11. The van der Waals surface area contributed by atoms with E-state index < -0.39 is 0 Å². The first-order chi connectivity index (χ1) is 6.30. The number of likely N-dealkylation sites (tertiary alicyclic amines) is 1. The Balaban J connectivity index is 1.91. The predicted molar refractivity (Wildman–Crippen MR) is 53.6 cm³/mol. The molecular weight excluding hydrogens is 162 g/mol. The number of hydrogen-bond donors (Lipinski definition) is 1. The molecular formula is C11H21NO. The van der Waals surface area contributed by atoms with Crippen LogP contribution in [0.3, 0.4) is 0 Å². The fourth-order valence-corrected chi connectivity index (χ4v) is 2.82. The van der Waals surface area contributed by atoms with Crippen molar-refractivity contribution in [3.05, 3.63) is 0 Å². The Labute approximate surface area is 80.9 Å². The lowest BCUT2D eigenvalue weighted by Crippen LogP contribution is -2.60. The van der Waals surface area contributed by atoms with E-state index in [-0.39, 0.29) is 5.54 Å². The summed E-state index contributed by atoms with van der Waals surface area (Å²) in [5, 5.41) is 9.47. The van der Waals surface area contributed by atoms with Gasteiger partial charge in [-0.2, -0.15) is 0 Å². The molecule has 2 aliphatic rings. The third kappa shape index (κ3) is 1.50. The van der Waals surface area contributed by atoms with Gasteiger partial charge in [0.2, 0.25) is 0 Å². The van der Waals surface area contributed by atoms with E-state index in [1.165, 1.54) is 45.2 Å². The van der Waals surface area contributed by atoms with E-state index in [0.717, 1.165) is 5.92 Å². The normalized spacial score (nSPS) is 29.1. The van der Waals surface area contributed by atoms with Crippen molar-refractivity contribution in [3.8, 4) is 0 Å². The van der Waals surface area contributed by atoms with E-state index >= 15 is 0 Å². The number of hydrogen-bond acceptors (Lipinski definition) is 2. The standard InChI is InChI=1S/C11H21NO/c1-2-10-7-12(8-10)11(9-13)5-3-4-6-11/h10,13H,2-9H2,1H3. The van der Waals surface area contributed by atoms with Gasteiger partial charge in [0.1, 0.15) is 0 Å². The van der Waals surface area contributed by atoms with Gasteiger partial charge in [-0.3, -0.25) is 4.90 Å². The molecule has 2 fully saturated rings. The Bertz CT molecular complexity index is 169. The number of aliphatic hydroxyl groups is 1. The van der Waals surface area contributed by atoms with Crippen molar-refractivity contribution in [2.45, 2.75) is 44.6 Å². The summed E-state index contributed by atoms with van der Waals surface area (Å²) in [6.07, 6.45) is 6.37. The molecule has 1 saturated carbocycles. The highest BCUT2D eigenvalue weighted by Crippen LogP contribution is 2.39. The summed E-state index contributed by atoms with van der Waals surface area (Å²) in [5.41, 5.74) is 0.200. The lowest BCUT2D eigenvalue weighted by Gasteiger charge is -2.50. The van der Waals surface area contributed by atoms with Crippen LogP contribution in [0.2, 0.25) is 0 Å². The highest BCUT2D eigenvalue weighted by Gasteiger charge is 2.44. The molecule has 1 aliphatic carbocycles. The van der Waals surface area contributed by atoms with Crippen LogP contribution in [-0.2, 0) is 0 Å². The summed E-state index contributed by atoms with van der Waals surface area (Å²) in [6, 6.07) is 0. The summed E-state index contributed by atoms with van der Waals surface area (Å²) < 4.78 is 0. The zero-order valence-corrected chi connectivity index (χ0v) is 8.63. The van der Waals surface area contributed by atoms with Crippen LogP contribution in [-0.4, -0.2) is 35.2 Å². The van der Waals surface area contributed by atoms with Gasteiger partial charge in [-0.25, -0.2) is 0 Å². The van der Waals surface area contributed by atoms with Crippen molar-refractivity contribution in [2.24, 2.45) is 5.92 Å². The van der Waals surface area contributed by atoms with Crippen LogP contribution in [0.15, 0.2) is 0 Å². The molecule has 0 aromatic carbocycles. The minimum Gasteiger partial charge on any atom is -0.394 e. The quantitative estimate of drug-likeness (QED) is 0.719. The maximum atomic E-state index is 9.47. The second kappa shape index (κ2) is 3.58. The van der Waals surface area contributed by atoms with Crippen LogP contribution >= 0.6 is 0 Å². The first kappa shape index (κ1) is 9.47. The SMILES string of the molecule is CCC1CN(C2(CO)CCCC2)C1. The molecule has 1 saturated heterocycles. The van der Waals surface area contributed by atoms with Crippen LogP contribution in [0.1, 0.15) is 39.0 Å². The highest BCUT2D eigenvalue weighted by atomic mass is 16.3. The van der Waals surface area contributed by atoms with Crippen molar-refractivity contribution in [2.75, 3.05) is 19.7 Å². The molecule has 1 N–H and O–H groups in total. The van der Waals surface area contributed by atoms with Gasteiger partial charge in [-0.1, -0.05) is 26.2 Å². The van der Waals surface area contributed by atoms with Gasteiger partial charge in [-0.05, 0) is 18.8 Å². The molecule has 0 aromatic heterocycles. The molecule has 0 aromatic rings. The molecule has 0 amide bonds. The van der Waals surface area contributed by atoms with Crippen molar-refractivity contribution in [1.29, 1.82) is 0 Å². The summed E-state index contributed by atoms with van der Waals surface area (Å²) in [4.78, 5) is 2.52. The molecule has 76 valence electrons. The average molecular weight is 183 g/mol. The first-order valence-corrected chi connectivity index (χ1v) is 5.66. The van der Waals surface area contributed by atoms with Crippen LogP contribution in [0.5, 0.6) is 0 Å². The molecule has 0 unspecified atom stereocenters. The second-order valence-corrected chi connectivity index (χ2v) is 4.77. The van der Waals surface area contributed by atoms with E-state index in [9.17, 15) is 5.11 Å². The largest absolute Gasteiger partial charge is 0.394 e. The highest BCUT2D eigenvalue weighted by molar-refractivity contribution is 4.99. The molecule has 0 bridgehead atoms. The average Bonchev–Trinajstić information content (AvgIpc) is 2.52. The van der Waals surface area contributed by atoms with Gasteiger partial charge in [0.05, 0.1) is 6.61 Å². The zero-order valence-electron chi connectivity index (χ0n) is 8.63. The van der Waals surface area contributed by atoms with Crippen LogP contribution in [0.25, 0.3) is 0 Å².